The maximum absolute atomic E-state index is 12.8. The highest BCUT2D eigenvalue weighted by Gasteiger charge is 2.19. The van der Waals surface area contributed by atoms with Crippen molar-refractivity contribution < 1.29 is 28.6 Å². The van der Waals surface area contributed by atoms with Crippen molar-refractivity contribution in [3.8, 4) is 0 Å². The summed E-state index contributed by atoms with van der Waals surface area (Å²) in [4.78, 5) is 38.1. The van der Waals surface area contributed by atoms with Gasteiger partial charge in [-0.1, -0.05) is 255 Å². The summed E-state index contributed by atoms with van der Waals surface area (Å²) in [5.41, 5.74) is 0. The number of esters is 3. The maximum Gasteiger partial charge on any atom is 0.306 e. The highest BCUT2D eigenvalue weighted by Crippen LogP contribution is 2.16. The fourth-order valence-corrected chi connectivity index (χ4v) is 8.37. The summed E-state index contributed by atoms with van der Waals surface area (Å²) < 4.78 is 16.8. The van der Waals surface area contributed by atoms with Crippen LogP contribution in [0.1, 0.15) is 297 Å². The fourth-order valence-electron chi connectivity index (χ4n) is 8.37. The summed E-state index contributed by atoms with van der Waals surface area (Å²) >= 11 is 0. The van der Waals surface area contributed by atoms with E-state index in [0.29, 0.717) is 19.3 Å². The predicted octanol–water partition coefficient (Wildman–Crippen LogP) is 19.6. The molecule has 0 heterocycles. The number of rotatable bonds is 53. The fraction of sp³-hybridized carbons (Fsp3) is 0.790. The molecule has 0 aromatic heterocycles. The normalized spacial score (nSPS) is 12.5. The summed E-state index contributed by atoms with van der Waals surface area (Å²) in [5.74, 6) is -0.888. The Morgan fingerprint density at radius 2 is 0.574 bits per heavy atom. The van der Waals surface area contributed by atoms with Crippen molar-refractivity contribution in [2.45, 2.75) is 303 Å². The van der Waals surface area contributed by atoms with E-state index in [1.807, 2.05) is 0 Å². The molecule has 0 aromatic rings. The molecule has 0 aliphatic rings. The molecule has 0 aliphatic carbocycles. The molecule has 6 heteroatoms. The topological polar surface area (TPSA) is 78.9 Å². The van der Waals surface area contributed by atoms with Gasteiger partial charge in [-0.2, -0.15) is 0 Å². The van der Waals surface area contributed by atoms with Gasteiger partial charge in [0.2, 0.25) is 0 Å². The summed E-state index contributed by atoms with van der Waals surface area (Å²) in [6.45, 7) is 6.51. The summed E-state index contributed by atoms with van der Waals surface area (Å²) in [6.07, 6.45) is 70.8. The Kier molecular flexibility index (Phi) is 54.3. The third kappa shape index (κ3) is 54.1. The second-order valence-electron chi connectivity index (χ2n) is 19.5. The zero-order chi connectivity index (χ0) is 49.3. The first-order chi connectivity index (χ1) is 33.5. The van der Waals surface area contributed by atoms with E-state index < -0.39 is 6.10 Å². The molecule has 0 bridgehead atoms. The molecular weight excluding hydrogens is 841 g/mol. The Bertz CT molecular complexity index is 1230. The van der Waals surface area contributed by atoms with E-state index in [0.717, 1.165) is 103 Å². The van der Waals surface area contributed by atoms with Crippen molar-refractivity contribution in [2.24, 2.45) is 0 Å². The largest absolute Gasteiger partial charge is 0.462 e. The van der Waals surface area contributed by atoms with Crippen LogP contribution in [-0.4, -0.2) is 37.2 Å². The summed E-state index contributed by atoms with van der Waals surface area (Å²) in [6, 6.07) is 0. The van der Waals surface area contributed by atoms with Gasteiger partial charge in [0, 0.05) is 19.3 Å². The Morgan fingerprint density at radius 1 is 0.309 bits per heavy atom. The van der Waals surface area contributed by atoms with E-state index in [9.17, 15) is 14.4 Å². The quantitative estimate of drug-likeness (QED) is 0.0262. The van der Waals surface area contributed by atoms with Crippen molar-refractivity contribution in [3.63, 3.8) is 0 Å². The van der Waals surface area contributed by atoms with E-state index in [-0.39, 0.29) is 31.1 Å². The van der Waals surface area contributed by atoms with Gasteiger partial charge in [-0.15, -0.1) is 0 Å². The number of hydrogen-bond acceptors (Lipinski definition) is 6. The van der Waals surface area contributed by atoms with E-state index in [4.69, 9.17) is 14.2 Å². The van der Waals surface area contributed by atoms with Gasteiger partial charge in [0.25, 0.3) is 0 Å². The third-order valence-corrected chi connectivity index (χ3v) is 12.8. The maximum atomic E-state index is 12.8. The van der Waals surface area contributed by atoms with Crippen LogP contribution < -0.4 is 0 Å². The molecule has 0 saturated heterocycles. The second kappa shape index (κ2) is 56.7. The first-order valence-electron chi connectivity index (χ1n) is 29.3. The Hall–Kier alpha value is -2.89. The minimum absolute atomic E-state index is 0.0789. The lowest BCUT2D eigenvalue weighted by Crippen LogP contribution is -2.30. The number of hydrogen-bond donors (Lipinski definition) is 0. The van der Waals surface area contributed by atoms with Crippen LogP contribution in [0.2, 0.25) is 0 Å². The number of ether oxygens (including phenoxy) is 3. The molecule has 1 unspecified atom stereocenters. The molecule has 0 rings (SSSR count). The van der Waals surface area contributed by atoms with Gasteiger partial charge in [-0.3, -0.25) is 14.4 Å². The van der Waals surface area contributed by atoms with E-state index >= 15 is 0 Å². The van der Waals surface area contributed by atoms with Crippen LogP contribution in [-0.2, 0) is 28.6 Å². The molecule has 394 valence electrons. The molecule has 0 aromatic carbocycles. The lowest BCUT2D eigenvalue weighted by molar-refractivity contribution is -0.167. The third-order valence-electron chi connectivity index (χ3n) is 12.8. The van der Waals surface area contributed by atoms with Gasteiger partial charge in [-0.25, -0.2) is 0 Å². The number of carbonyl (C=O) groups is 3. The molecule has 0 radical (unpaired) electrons. The lowest BCUT2D eigenvalue weighted by atomic mass is 10.0. The van der Waals surface area contributed by atoms with Crippen molar-refractivity contribution in [2.75, 3.05) is 13.2 Å². The summed E-state index contributed by atoms with van der Waals surface area (Å²) in [7, 11) is 0. The Balaban J connectivity index is 4.22. The SMILES string of the molecule is CC/C=C\C/C=C\C/C=C\CCCCCCCC(=O)OC(COC(=O)CCCCCCCCCCCC)COC(=O)CCCCCCCCCCCCCCC/C=C\C/C=C\CCCCCCC. The van der Waals surface area contributed by atoms with Crippen LogP contribution in [0, 0.1) is 0 Å². The van der Waals surface area contributed by atoms with Gasteiger partial charge in [-0.05, 0) is 83.5 Å². The van der Waals surface area contributed by atoms with E-state index in [1.165, 1.54) is 154 Å². The first kappa shape index (κ1) is 65.1. The van der Waals surface area contributed by atoms with Crippen LogP contribution >= 0.6 is 0 Å². The molecule has 6 nitrogen and oxygen atoms in total. The van der Waals surface area contributed by atoms with Gasteiger partial charge >= 0.3 is 17.9 Å². The molecule has 0 amide bonds. The van der Waals surface area contributed by atoms with Crippen LogP contribution in [0.5, 0.6) is 0 Å². The Morgan fingerprint density at radius 3 is 0.897 bits per heavy atom. The molecule has 0 fully saturated rings. The predicted molar refractivity (Wildman–Crippen MR) is 293 cm³/mol. The molecular formula is C62H110O6. The minimum atomic E-state index is -0.780. The highest BCUT2D eigenvalue weighted by atomic mass is 16.6. The standard InChI is InChI=1S/C62H110O6/c1-4-7-10-13-16-19-22-24-26-27-28-29-30-31-32-33-34-35-37-38-40-43-46-49-52-55-61(64)67-58-59(57-66-60(63)54-51-48-45-42-21-18-15-12-9-6-3)68-62(65)56-53-50-47-44-41-39-36-25-23-20-17-14-11-8-5-2/h8,11,17,20,22,24-25,27-28,36,59H,4-7,9-10,12-16,18-19,21,23,26,29-35,37-58H2,1-3H3/b11-8-,20-17-,24-22-,28-27-,36-25-. The van der Waals surface area contributed by atoms with Crippen LogP contribution in [0.25, 0.3) is 0 Å². The zero-order valence-corrected chi connectivity index (χ0v) is 45.1. The van der Waals surface area contributed by atoms with Gasteiger partial charge in [0.05, 0.1) is 0 Å². The van der Waals surface area contributed by atoms with Crippen molar-refractivity contribution >= 4 is 17.9 Å². The van der Waals surface area contributed by atoms with Crippen LogP contribution in [0.15, 0.2) is 60.8 Å². The van der Waals surface area contributed by atoms with Crippen molar-refractivity contribution in [1.29, 1.82) is 0 Å². The highest BCUT2D eigenvalue weighted by molar-refractivity contribution is 5.71. The molecule has 0 saturated carbocycles. The average Bonchev–Trinajstić information content (AvgIpc) is 3.34. The molecule has 0 spiro atoms. The van der Waals surface area contributed by atoms with Crippen LogP contribution in [0.3, 0.4) is 0 Å². The number of unbranched alkanes of at least 4 members (excludes halogenated alkanes) is 32. The van der Waals surface area contributed by atoms with Gasteiger partial charge < -0.3 is 14.2 Å². The summed E-state index contributed by atoms with van der Waals surface area (Å²) in [5, 5.41) is 0. The average molecular weight is 952 g/mol. The second-order valence-corrected chi connectivity index (χ2v) is 19.5. The number of allylic oxidation sites excluding steroid dienone is 10. The van der Waals surface area contributed by atoms with Crippen molar-refractivity contribution in [3.05, 3.63) is 60.8 Å². The zero-order valence-electron chi connectivity index (χ0n) is 45.1. The first-order valence-corrected chi connectivity index (χ1v) is 29.3. The molecule has 0 N–H and O–H groups in total. The smallest absolute Gasteiger partial charge is 0.306 e. The molecule has 68 heavy (non-hydrogen) atoms. The Labute approximate surface area is 421 Å². The van der Waals surface area contributed by atoms with E-state index in [1.54, 1.807) is 0 Å². The minimum Gasteiger partial charge on any atom is -0.462 e. The van der Waals surface area contributed by atoms with Gasteiger partial charge in [0.1, 0.15) is 13.2 Å². The molecule has 0 aliphatic heterocycles. The van der Waals surface area contributed by atoms with Crippen molar-refractivity contribution in [1.82, 2.24) is 0 Å². The number of carbonyl (C=O) groups excluding carboxylic acids is 3. The van der Waals surface area contributed by atoms with Gasteiger partial charge in [0.15, 0.2) is 6.10 Å². The molecule has 1 atom stereocenters. The lowest BCUT2D eigenvalue weighted by Gasteiger charge is -2.18. The monoisotopic (exact) mass is 951 g/mol. The van der Waals surface area contributed by atoms with Crippen LogP contribution in [0.4, 0.5) is 0 Å². The van der Waals surface area contributed by atoms with E-state index in [2.05, 4.69) is 81.5 Å².